The molecule has 3 N–H and O–H groups in total. The molecule has 1 amide bonds. The Bertz CT molecular complexity index is 707. The van der Waals surface area contributed by atoms with E-state index < -0.39 is 34.6 Å². The van der Waals surface area contributed by atoms with E-state index in [0.29, 0.717) is 4.47 Å². The fraction of sp³-hybridized carbons (Fsp3) is 0.0714. The Labute approximate surface area is 127 Å². The average molecular weight is 359 g/mol. The Kier molecular flexibility index (Phi) is 4.52. The Morgan fingerprint density at radius 3 is 2.62 bits per heavy atom. The van der Waals surface area contributed by atoms with Gasteiger partial charge in [0.2, 0.25) is 0 Å². The first-order chi connectivity index (χ1) is 9.88. The molecule has 0 spiro atoms. The maximum atomic E-state index is 13.7. The van der Waals surface area contributed by atoms with Crippen molar-refractivity contribution in [3.05, 3.63) is 63.4 Å². The van der Waals surface area contributed by atoms with Gasteiger partial charge in [0.15, 0.2) is 5.82 Å². The molecule has 0 bridgehead atoms. The second-order valence-electron chi connectivity index (χ2n) is 4.27. The van der Waals surface area contributed by atoms with Crippen LogP contribution in [-0.2, 0) is 6.54 Å². The van der Waals surface area contributed by atoms with Gasteiger partial charge in [-0.05, 0) is 30.3 Å². The summed E-state index contributed by atoms with van der Waals surface area (Å²) in [4.78, 5) is 11.8. The van der Waals surface area contributed by atoms with E-state index >= 15 is 0 Å². The highest BCUT2D eigenvalue weighted by Gasteiger charge is 2.16. The minimum atomic E-state index is -1.01. The van der Waals surface area contributed by atoms with Crippen LogP contribution in [0.5, 0.6) is 0 Å². The molecule has 0 radical (unpaired) electrons. The predicted octanol–water partition coefficient (Wildman–Crippen LogP) is 3.38. The lowest BCUT2D eigenvalue weighted by Gasteiger charge is -2.09. The third-order valence-electron chi connectivity index (χ3n) is 2.76. The maximum absolute atomic E-state index is 13.7. The molecule has 2 aromatic carbocycles. The first kappa shape index (κ1) is 15.4. The SMILES string of the molecule is Nc1cc(F)cc(C(=O)NCc2cc(Br)ccc2F)c1F. The molecule has 3 nitrogen and oxygen atoms in total. The molecule has 0 heterocycles. The highest BCUT2D eigenvalue weighted by Crippen LogP contribution is 2.18. The van der Waals surface area contributed by atoms with Gasteiger partial charge in [0.05, 0.1) is 11.3 Å². The first-order valence-electron chi connectivity index (χ1n) is 5.85. The number of nitrogens with one attached hydrogen (secondary N) is 1. The zero-order valence-electron chi connectivity index (χ0n) is 10.6. The molecule has 0 aliphatic rings. The van der Waals surface area contributed by atoms with E-state index in [1.54, 1.807) is 0 Å². The van der Waals surface area contributed by atoms with Gasteiger partial charge in [-0.2, -0.15) is 0 Å². The van der Waals surface area contributed by atoms with Crippen LogP contribution in [0.3, 0.4) is 0 Å². The van der Waals surface area contributed by atoms with Crippen molar-refractivity contribution in [2.24, 2.45) is 0 Å². The lowest BCUT2D eigenvalue weighted by atomic mass is 10.1. The number of hydrogen-bond acceptors (Lipinski definition) is 2. The summed E-state index contributed by atoms with van der Waals surface area (Å²) in [5, 5.41) is 2.32. The van der Waals surface area contributed by atoms with E-state index in [1.807, 2.05) is 0 Å². The third-order valence-corrected chi connectivity index (χ3v) is 3.25. The summed E-state index contributed by atoms with van der Waals surface area (Å²) in [5.41, 5.74) is 4.47. The molecular formula is C14H10BrF3N2O. The van der Waals surface area contributed by atoms with Crippen molar-refractivity contribution in [3.63, 3.8) is 0 Å². The molecule has 0 unspecified atom stereocenters. The zero-order chi connectivity index (χ0) is 15.6. The highest BCUT2D eigenvalue weighted by atomic mass is 79.9. The molecular weight excluding hydrogens is 349 g/mol. The number of hydrogen-bond donors (Lipinski definition) is 2. The van der Waals surface area contributed by atoms with Crippen LogP contribution >= 0.6 is 15.9 Å². The van der Waals surface area contributed by atoms with Gasteiger partial charge >= 0.3 is 0 Å². The molecule has 21 heavy (non-hydrogen) atoms. The van der Waals surface area contributed by atoms with Gasteiger partial charge in [-0.1, -0.05) is 15.9 Å². The largest absolute Gasteiger partial charge is 0.396 e. The van der Waals surface area contributed by atoms with Crippen LogP contribution in [0, 0.1) is 17.5 Å². The molecule has 0 aromatic heterocycles. The molecule has 0 fully saturated rings. The van der Waals surface area contributed by atoms with Crippen LogP contribution in [0.2, 0.25) is 0 Å². The van der Waals surface area contributed by atoms with Crippen molar-refractivity contribution >= 4 is 27.5 Å². The van der Waals surface area contributed by atoms with E-state index in [-0.39, 0.29) is 12.1 Å². The molecule has 2 rings (SSSR count). The van der Waals surface area contributed by atoms with E-state index in [9.17, 15) is 18.0 Å². The van der Waals surface area contributed by atoms with E-state index in [1.165, 1.54) is 18.2 Å². The van der Waals surface area contributed by atoms with Crippen molar-refractivity contribution in [1.29, 1.82) is 0 Å². The van der Waals surface area contributed by atoms with Crippen LogP contribution in [0.25, 0.3) is 0 Å². The van der Waals surface area contributed by atoms with Gasteiger partial charge in [-0.3, -0.25) is 4.79 Å². The van der Waals surface area contributed by atoms with Crippen LogP contribution in [-0.4, -0.2) is 5.91 Å². The maximum Gasteiger partial charge on any atom is 0.254 e. The van der Waals surface area contributed by atoms with Crippen molar-refractivity contribution in [3.8, 4) is 0 Å². The van der Waals surface area contributed by atoms with Crippen molar-refractivity contribution in [2.75, 3.05) is 5.73 Å². The molecule has 0 saturated heterocycles. The van der Waals surface area contributed by atoms with Crippen molar-refractivity contribution in [1.82, 2.24) is 5.32 Å². The number of carbonyl (C=O) groups is 1. The number of amides is 1. The lowest BCUT2D eigenvalue weighted by molar-refractivity contribution is 0.0946. The molecule has 0 atom stereocenters. The predicted molar refractivity (Wildman–Crippen MR) is 76.0 cm³/mol. The van der Waals surface area contributed by atoms with Gasteiger partial charge in [0.1, 0.15) is 11.6 Å². The Morgan fingerprint density at radius 1 is 1.19 bits per heavy atom. The van der Waals surface area contributed by atoms with Gasteiger partial charge in [0.25, 0.3) is 5.91 Å². The van der Waals surface area contributed by atoms with Gasteiger partial charge in [-0.15, -0.1) is 0 Å². The highest BCUT2D eigenvalue weighted by molar-refractivity contribution is 9.10. The summed E-state index contributed by atoms with van der Waals surface area (Å²) in [6.45, 7) is -0.167. The van der Waals surface area contributed by atoms with Crippen LogP contribution in [0.4, 0.5) is 18.9 Å². The summed E-state index contributed by atoms with van der Waals surface area (Å²) in [6.07, 6.45) is 0. The van der Waals surface area contributed by atoms with Gasteiger partial charge in [0, 0.05) is 16.6 Å². The van der Waals surface area contributed by atoms with Crippen LogP contribution in [0.15, 0.2) is 34.8 Å². The Balaban J connectivity index is 2.17. The summed E-state index contributed by atoms with van der Waals surface area (Å²) >= 11 is 3.17. The number of rotatable bonds is 3. The number of carbonyl (C=O) groups excluding carboxylic acids is 1. The fourth-order valence-electron chi connectivity index (χ4n) is 1.73. The quantitative estimate of drug-likeness (QED) is 0.826. The second kappa shape index (κ2) is 6.17. The van der Waals surface area contributed by atoms with E-state index in [2.05, 4.69) is 21.2 Å². The summed E-state index contributed by atoms with van der Waals surface area (Å²) < 4.78 is 41.0. The Morgan fingerprint density at radius 2 is 1.90 bits per heavy atom. The molecule has 7 heteroatoms. The Hall–Kier alpha value is -2.02. The number of nitrogens with two attached hydrogens (primary N) is 1. The van der Waals surface area contributed by atoms with E-state index in [0.717, 1.165) is 12.1 Å². The second-order valence-corrected chi connectivity index (χ2v) is 5.19. The fourth-order valence-corrected chi connectivity index (χ4v) is 2.13. The zero-order valence-corrected chi connectivity index (χ0v) is 12.2. The first-order valence-corrected chi connectivity index (χ1v) is 6.64. The minimum absolute atomic E-state index is 0.167. The lowest BCUT2D eigenvalue weighted by Crippen LogP contribution is -2.25. The van der Waals surface area contributed by atoms with Gasteiger partial charge < -0.3 is 11.1 Å². The van der Waals surface area contributed by atoms with E-state index in [4.69, 9.17) is 5.73 Å². The molecule has 0 aliphatic carbocycles. The molecule has 110 valence electrons. The molecule has 0 saturated carbocycles. The number of anilines is 1. The standard InChI is InChI=1S/C14H10BrF3N2O/c15-8-1-2-11(17)7(3-8)6-20-14(21)10-4-9(16)5-12(19)13(10)18/h1-5H,6,19H2,(H,20,21). The van der Waals surface area contributed by atoms with Crippen molar-refractivity contribution < 1.29 is 18.0 Å². The summed E-state index contributed by atoms with van der Waals surface area (Å²) in [6, 6.07) is 5.73. The molecule has 0 aliphatic heterocycles. The topological polar surface area (TPSA) is 55.1 Å². The minimum Gasteiger partial charge on any atom is -0.396 e. The smallest absolute Gasteiger partial charge is 0.254 e. The number of benzene rings is 2. The third kappa shape index (κ3) is 3.55. The number of halogens is 4. The molecule has 2 aromatic rings. The summed E-state index contributed by atoms with van der Waals surface area (Å²) in [7, 11) is 0. The normalized spacial score (nSPS) is 10.5. The average Bonchev–Trinajstić information content (AvgIpc) is 2.43. The van der Waals surface area contributed by atoms with Gasteiger partial charge in [-0.25, -0.2) is 13.2 Å². The monoisotopic (exact) mass is 358 g/mol. The van der Waals surface area contributed by atoms with Crippen LogP contribution < -0.4 is 11.1 Å². The summed E-state index contributed by atoms with van der Waals surface area (Å²) in [5.74, 6) is -3.23. The van der Waals surface area contributed by atoms with Crippen molar-refractivity contribution in [2.45, 2.75) is 6.54 Å². The number of nitrogen functional groups attached to an aromatic ring is 1. The van der Waals surface area contributed by atoms with Crippen LogP contribution in [0.1, 0.15) is 15.9 Å².